The Morgan fingerprint density at radius 2 is 1.94 bits per heavy atom. The highest BCUT2D eigenvalue weighted by atomic mass is 79.9. The van der Waals surface area contributed by atoms with Gasteiger partial charge in [-0.05, 0) is 28.9 Å². The van der Waals surface area contributed by atoms with Gasteiger partial charge in [0, 0.05) is 23.8 Å². The molecule has 1 aliphatic rings. The maximum atomic E-state index is 5.32. The molecule has 0 aliphatic carbocycles. The molecule has 0 N–H and O–H groups in total. The molecule has 2 rings (SSSR count). The van der Waals surface area contributed by atoms with E-state index in [1.54, 1.807) is 0 Å². The minimum atomic E-state index is 0.811. The summed E-state index contributed by atoms with van der Waals surface area (Å²) >= 11 is 3.44. The van der Waals surface area contributed by atoms with E-state index in [-0.39, 0.29) is 0 Å². The van der Waals surface area contributed by atoms with E-state index in [4.69, 9.17) is 4.74 Å². The van der Waals surface area contributed by atoms with Crippen molar-refractivity contribution in [2.75, 3.05) is 31.2 Å². The summed E-state index contributed by atoms with van der Waals surface area (Å²) in [6.07, 6.45) is 1.83. The zero-order valence-corrected chi connectivity index (χ0v) is 11.7. The number of nitrogens with zero attached hydrogens (tertiary/aromatic N) is 2. The second-order valence-electron chi connectivity index (χ2n) is 3.36. The number of ether oxygens (including phenoxy) is 1. The Labute approximate surface area is 106 Å². The summed E-state index contributed by atoms with van der Waals surface area (Å²) < 4.78 is 6.35. The van der Waals surface area contributed by atoms with Gasteiger partial charge in [0.25, 0.3) is 0 Å². The van der Waals surface area contributed by atoms with E-state index in [9.17, 15) is 0 Å². The lowest BCUT2D eigenvalue weighted by Gasteiger charge is -2.29. The fourth-order valence-electron chi connectivity index (χ4n) is 1.62. The van der Waals surface area contributed by atoms with Gasteiger partial charge in [-0.25, -0.2) is 0 Å². The first-order chi connectivity index (χ1) is 7.77. The monoisotopic (exact) mass is 286 g/mol. The van der Waals surface area contributed by atoms with Gasteiger partial charge in [0.15, 0.2) is 0 Å². The van der Waals surface area contributed by atoms with Crippen LogP contribution in [0.15, 0.2) is 16.7 Å². The number of aromatic nitrogens is 1. The minimum Gasteiger partial charge on any atom is -0.378 e. The molecule has 0 amide bonds. The number of hydrogen-bond acceptors (Lipinski definition) is 3. The second kappa shape index (κ2) is 6.86. The molecule has 0 atom stereocenters. The number of pyridine rings is 1. The van der Waals surface area contributed by atoms with Crippen LogP contribution >= 0.6 is 15.9 Å². The number of aryl methyl sites for hydroxylation is 1. The van der Waals surface area contributed by atoms with Crippen LogP contribution in [-0.4, -0.2) is 31.3 Å². The maximum absolute atomic E-state index is 5.32. The van der Waals surface area contributed by atoms with Crippen LogP contribution in [0.3, 0.4) is 0 Å². The van der Waals surface area contributed by atoms with E-state index in [1.807, 2.05) is 27.0 Å². The molecule has 0 saturated carbocycles. The van der Waals surface area contributed by atoms with E-state index in [2.05, 4.69) is 31.9 Å². The van der Waals surface area contributed by atoms with Crippen molar-refractivity contribution in [3.63, 3.8) is 0 Å². The third kappa shape index (κ3) is 3.46. The zero-order valence-electron chi connectivity index (χ0n) is 10.2. The second-order valence-corrected chi connectivity index (χ2v) is 4.27. The quantitative estimate of drug-likeness (QED) is 0.794. The van der Waals surface area contributed by atoms with Crippen molar-refractivity contribution in [3.8, 4) is 0 Å². The Balaban J connectivity index is 0.000000606. The molecule has 2 heterocycles. The van der Waals surface area contributed by atoms with Crippen molar-refractivity contribution >= 4 is 21.6 Å². The van der Waals surface area contributed by atoms with Crippen LogP contribution < -0.4 is 4.90 Å². The van der Waals surface area contributed by atoms with Crippen LogP contribution in [-0.2, 0) is 4.74 Å². The Bertz CT molecular complexity index is 325. The number of hydrogen-bond donors (Lipinski definition) is 0. The van der Waals surface area contributed by atoms with Gasteiger partial charge < -0.3 is 9.64 Å². The number of anilines is 1. The van der Waals surface area contributed by atoms with Crippen molar-refractivity contribution in [3.05, 3.63) is 22.4 Å². The third-order valence-electron chi connectivity index (χ3n) is 2.38. The molecular formula is C12H19BrN2O. The fraction of sp³-hybridized carbons (Fsp3) is 0.583. The van der Waals surface area contributed by atoms with E-state index in [1.165, 1.54) is 5.69 Å². The summed E-state index contributed by atoms with van der Waals surface area (Å²) in [5.41, 5.74) is 2.29. The van der Waals surface area contributed by atoms with Gasteiger partial charge in [-0.15, -0.1) is 0 Å². The standard InChI is InChI=1S/C10H13BrN2O.C2H6/c1-8-10(6-9(11)7-12-8)13-2-4-14-5-3-13;1-2/h6-7H,2-5H2,1H3;1-2H3. The zero-order chi connectivity index (χ0) is 12.0. The van der Waals surface area contributed by atoms with Crippen LogP contribution in [0.4, 0.5) is 5.69 Å². The van der Waals surface area contributed by atoms with E-state index in [0.717, 1.165) is 36.5 Å². The molecule has 4 heteroatoms. The normalized spacial score (nSPS) is 15.4. The van der Waals surface area contributed by atoms with E-state index < -0.39 is 0 Å². The molecule has 0 radical (unpaired) electrons. The molecule has 0 bridgehead atoms. The number of morpholine rings is 1. The van der Waals surface area contributed by atoms with Crippen molar-refractivity contribution < 1.29 is 4.74 Å². The van der Waals surface area contributed by atoms with Gasteiger partial charge in [-0.2, -0.15) is 0 Å². The molecule has 0 aromatic carbocycles. The molecule has 3 nitrogen and oxygen atoms in total. The minimum absolute atomic E-state index is 0.811. The van der Waals surface area contributed by atoms with Gasteiger partial charge >= 0.3 is 0 Å². The average Bonchev–Trinajstić information content (AvgIpc) is 2.36. The highest BCUT2D eigenvalue weighted by Gasteiger charge is 2.13. The molecule has 90 valence electrons. The van der Waals surface area contributed by atoms with Crippen molar-refractivity contribution in [2.24, 2.45) is 0 Å². The molecular weight excluding hydrogens is 268 g/mol. The largest absolute Gasteiger partial charge is 0.378 e. The third-order valence-corrected chi connectivity index (χ3v) is 2.81. The van der Waals surface area contributed by atoms with Crippen LogP contribution in [0.2, 0.25) is 0 Å². The molecule has 1 saturated heterocycles. The smallest absolute Gasteiger partial charge is 0.0642 e. The number of halogens is 1. The highest BCUT2D eigenvalue weighted by molar-refractivity contribution is 9.10. The summed E-state index contributed by atoms with van der Waals surface area (Å²) in [5.74, 6) is 0. The maximum Gasteiger partial charge on any atom is 0.0642 e. The first-order valence-electron chi connectivity index (χ1n) is 5.72. The number of rotatable bonds is 1. The molecule has 0 spiro atoms. The van der Waals surface area contributed by atoms with Gasteiger partial charge in [0.05, 0.1) is 24.6 Å². The lowest BCUT2D eigenvalue weighted by atomic mass is 10.2. The van der Waals surface area contributed by atoms with Crippen molar-refractivity contribution in [2.45, 2.75) is 20.8 Å². The predicted octanol–water partition coefficient (Wildman–Crippen LogP) is 3.02. The van der Waals surface area contributed by atoms with Crippen LogP contribution in [0.1, 0.15) is 19.5 Å². The lowest BCUT2D eigenvalue weighted by molar-refractivity contribution is 0.122. The molecule has 1 aromatic heterocycles. The first-order valence-corrected chi connectivity index (χ1v) is 6.51. The first kappa shape index (κ1) is 13.5. The molecule has 1 fully saturated rings. The topological polar surface area (TPSA) is 25.4 Å². The Morgan fingerprint density at radius 1 is 1.31 bits per heavy atom. The summed E-state index contributed by atoms with van der Waals surface area (Å²) in [5, 5.41) is 0. The van der Waals surface area contributed by atoms with Gasteiger partial charge in [0.1, 0.15) is 0 Å². The highest BCUT2D eigenvalue weighted by Crippen LogP contribution is 2.23. The van der Waals surface area contributed by atoms with E-state index >= 15 is 0 Å². The summed E-state index contributed by atoms with van der Waals surface area (Å²) in [4.78, 5) is 6.64. The van der Waals surface area contributed by atoms with Gasteiger partial charge in [-0.1, -0.05) is 13.8 Å². The molecule has 1 aliphatic heterocycles. The van der Waals surface area contributed by atoms with E-state index in [0.29, 0.717) is 0 Å². The van der Waals surface area contributed by atoms with Gasteiger partial charge in [-0.3, -0.25) is 4.98 Å². The van der Waals surface area contributed by atoms with Crippen LogP contribution in [0.5, 0.6) is 0 Å². The van der Waals surface area contributed by atoms with Crippen molar-refractivity contribution in [1.82, 2.24) is 4.98 Å². The van der Waals surface area contributed by atoms with Crippen molar-refractivity contribution in [1.29, 1.82) is 0 Å². The molecule has 0 unspecified atom stereocenters. The average molecular weight is 287 g/mol. The predicted molar refractivity (Wildman–Crippen MR) is 71.1 cm³/mol. The van der Waals surface area contributed by atoms with Crippen LogP contribution in [0.25, 0.3) is 0 Å². The SMILES string of the molecule is CC.Cc1ncc(Br)cc1N1CCOCC1. The van der Waals surface area contributed by atoms with Crippen LogP contribution in [0, 0.1) is 6.92 Å². The summed E-state index contributed by atoms with van der Waals surface area (Å²) in [6.45, 7) is 9.58. The summed E-state index contributed by atoms with van der Waals surface area (Å²) in [7, 11) is 0. The molecule has 1 aromatic rings. The Morgan fingerprint density at radius 3 is 2.56 bits per heavy atom. The fourth-order valence-corrected chi connectivity index (χ4v) is 1.94. The molecule has 16 heavy (non-hydrogen) atoms. The Hall–Kier alpha value is -0.610. The lowest BCUT2D eigenvalue weighted by Crippen LogP contribution is -2.36. The van der Waals surface area contributed by atoms with Gasteiger partial charge in [0.2, 0.25) is 0 Å². The summed E-state index contributed by atoms with van der Waals surface area (Å²) in [6, 6.07) is 2.12. The Kier molecular flexibility index (Phi) is 5.77.